The van der Waals surface area contributed by atoms with E-state index >= 15 is 0 Å². The van der Waals surface area contributed by atoms with Gasteiger partial charge in [0.05, 0.1) is 10.1 Å². The molecule has 2 aromatic carbocycles. The smallest absolute Gasteiger partial charge is 0.917 e. The van der Waals surface area contributed by atoms with Gasteiger partial charge >= 0.3 is 88.7 Å². The van der Waals surface area contributed by atoms with E-state index in [0.29, 0.717) is 0 Å². The van der Waals surface area contributed by atoms with E-state index in [4.69, 9.17) is 18.1 Å². The van der Waals surface area contributed by atoms with Crippen LogP contribution < -0.4 is 88.7 Å². The van der Waals surface area contributed by atoms with Gasteiger partial charge in [0, 0.05) is 27.1 Å². The second-order valence-electron chi connectivity index (χ2n) is 4.84. The van der Waals surface area contributed by atoms with Crippen molar-refractivity contribution in [1.82, 2.24) is 0 Å². The van der Waals surface area contributed by atoms with Gasteiger partial charge in [0.15, 0.2) is 0 Å². The van der Waals surface area contributed by atoms with Crippen LogP contribution in [0.1, 0.15) is 11.1 Å². The van der Waals surface area contributed by atoms with E-state index < -0.39 is 21.1 Å². The molecule has 0 atom stereocenters. The van der Waals surface area contributed by atoms with Crippen LogP contribution in [-0.2, 0) is 42.4 Å². The van der Waals surface area contributed by atoms with Crippen molar-refractivity contribution >= 4 is 68.9 Å². The number of benzene rings is 2. The summed E-state index contributed by atoms with van der Waals surface area (Å²) < 4.78 is 58.4. The number of aliphatic hydroxyl groups is 1. The van der Waals surface area contributed by atoms with E-state index in [1.807, 2.05) is 18.2 Å². The molecule has 0 aliphatic heterocycles. The number of halogens is 3. The fraction of sp³-hybridized carbons (Fsp3) is 0.294. The number of alkyl halides is 1. The first-order valence-corrected chi connectivity index (χ1v) is 13.0. The van der Waals surface area contributed by atoms with Crippen LogP contribution in [0.3, 0.4) is 0 Å². The Balaban J connectivity index is -0.000000115. The third kappa shape index (κ3) is 28.9. The molecule has 0 unspecified atom stereocenters. The van der Waals surface area contributed by atoms with Crippen molar-refractivity contribution in [3.05, 3.63) is 68.6 Å². The molecular formula is C17H20Br3Na3O7S2. The molecule has 0 aliphatic rings. The van der Waals surface area contributed by atoms with Crippen LogP contribution in [0.25, 0.3) is 0 Å². The van der Waals surface area contributed by atoms with Crippen LogP contribution in [0.2, 0.25) is 0 Å². The predicted octanol–water partition coefficient (Wildman–Crippen LogP) is -5.03. The minimum absolute atomic E-state index is 0. The molecule has 0 spiro atoms. The average Bonchev–Trinajstić information content (AvgIpc) is 2.64. The molecule has 0 saturated carbocycles. The second-order valence-corrected chi connectivity index (χ2v) is 9.27. The second kappa shape index (κ2) is 28.2. The van der Waals surface area contributed by atoms with Crippen molar-refractivity contribution in [1.29, 1.82) is 0 Å². The molecule has 0 radical (unpaired) electrons. The summed E-state index contributed by atoms with van der Waals surface area (Å²) >= 11 is 10.1. The Kier molecular flexibility index (Phi) is 39.4. The summed E-state index contributed by atoms with van der Waals surface area (Å²) in [6.07, 6.45) is 1.34. The molecule has 15 heteroatoms. The van der Waals surface area contributed by atoms with Crippen molar-refractivity contribution in [3.8, 4) is 0 Å². The van der Waals surface area contributed by atoms with Gasteiger partial charge in [-0.2, -0.15) is 11.0 Å². The topological polar surface area (TPSA) is 135 Å². The Morgan fingerprint density at radius 1 is 0.844 bits per heavy atom. The molecule has 0 bridgehead atoms. The standard InChI is InChI=1S/C8H8Br2.C8H9BrO3S.CH4O.3Na.O3S/c9-6-5-7-3-1-2-4-8(7)10;9-8-4-2-1-3-7(8)5-6-13(10,11)12;1-2;;;;1-4(2)3/h1-4H,5-6H2;1-4H,5-6H2,(H,10,11,12);2H,1H3;;;;/q;;;3*+1;-2/p-1. The third-order valence-corrected chi connectivity index (χ3v) is 5.55. The fourth-order valence-electron chi connectivity index (χ4n) is 1.74. The maximum Gasteiger partial charge on any atom is 1.00 e. The molecular weight excluding hydrogens is 689 g/mol. The maximum absolute atomic E-state index is 10.3. The molecule has 1 N–H and O–H groups in total. The van der Waals surface area contributed by atoms with Crippen LogP contribution in [-0.4, -0.2) is 40.8 Å². The Hall–Kier alpha value is 2.66. The maximum atomic E-state index is 10.3. The molecule has 2 rings (SSSR count). The van der Waals surface area contributed by atoms with Gasteiger partial charge in [-0.3, -0.25) is 0 Å². The summed E-state index contributed by atoms with van der Waals surface area (Å²) in [5.41, 5.74) is 2.20. The number of aliphatic hydroxyl groups excluding tert-OH is 1. The number of hydrogen-bond donors (Lipinski definition) is 1. The molecule has 7 nitrogen and oxygen atoms in total. The van der Waals surface area contributed by atoms with Crippen LogP contribution in [0.4, 0.5) is 0 Å². The number of hydrogen-bond acceptors (Lipinski definition) is 8. The zero-order chi connectivity index (χ0) is 22.9. The molecule has 0 aromatic heterocycles. The van der Waals surface area contributed by atoms with Crippen molar-refractivity contribution in [3.63, 3.8) is 0 Å². The zero-order valence-corrected chi connectivity index (χ0v) is 30.7. The van der Waals surface area contributed by atoms with Crippen molar-refractivity contribution in [2.75, 3.05) is 18.2 Å². The molecule has 166 valence electrons. The first kappa shape index (κ1) is 44.6. The quantitative estimate of drug-likeness (QED) is 0.108. The predicted molar refractivity (Wildman–Crippen MR) is 122 cm³/mol. The largest absolute Gasteiger partial charge is 1.00 e. The molecule has 32 heavy (non-hydrogen) atoms. The first-order valence-electron chi connectivity index (χ1n) is 7.74. The Labute approximate surface area is 283 Å². The van der Waals surface area contributed by atoms with E-state index in [1.54, 1.807) is 12.1 Å². The van der Waals surface area contributed by atoms with E-state index in [9.17, 15) is 13.0 Å². The van der Waals surface area contributed by atoms with Crippen molar-refractivity contribution in [2.24, 2.45) is 0 Å². The van der Waals surface area contributed by atoms with Gasteiger partial charge in [0.2, 0.25) is 0 Å². The number of aryl methyl sites for hydroxylation is 2. The summed E-state index contributed by atoms with van der Waals surface area (Å²) in [6.45, 7) is 0. The van der Waals surface area contributed by atoms with Crippen molar-refractivity contribution < 1.29 is 120 Å². The molecule has 0 amide bonds. The molecule has 0 fully saturated rings. The minimum Gasteiger partial charge on any atom is -0.917 e. The van der Waals surface area contributed by atoms with E-state index in [0.717, 1.165) is 28.9 Å². The van der Waals surface area contributed by atoms with Gasteiger partial charge in [0.1, 0.15) is 0 Å². The SMILES string of the molecule is BrCCc1ccccc1Br.CO.O=S(=O)([O-])CCc1ccccc1Br.O=[S-](=O)[O-].[Na+].[Na+].[Na+]. The summed E-state index contributed by atoms with van der Waals surface area (Å²) in [7, 11) is -6.22. The molecule has 2 aromatic rings. The fourth-order valence-corrected chi connectivity index (χ4v) is 3.60. The molecule has 0 saturated heterocycles. The minimum atomic E-state index is -4.11. The Morgan fingerprint density at radius 3 is 1.44 bits per heavy atom. The van der Waals surface area contributed by atoms with E-state index in [-0.39, 0.29) is 101 Å². The van der Waals surface area contributed by atoms with Gasteiger partial charge in [0.25, 0.3) is 0 Å². The van der Waals surface area contributed by atoms with Gasteiger partial charge in [-0.1, -0.05) is 84.2 Å². The Bertz CT molecular complexity index is 879. The average molecular weight is 709 g/mol. The van der Waals surface area contributed by atoms with Gasteiger partial charge in [-0.05, 0) is 36.1 Å². The number of rotatable bonds is 5. The van der Waals surface area contributed by atoms with Crippen LogP contribution in [0.5, 0.6) is 0 Å². The molecule has 0 heterocycles. The Morgan fingerprint density at radius 2 is 1.16 bits per heavy atom. The summed E-state index contributed by atoms with van der Waals surface area (Å²) in [5, 5.41) is 8.02. The van der Waals surface area contributed by atoms with Crippen LogP contribution >= 0.6 is 47.8 Å². The van der Waals surface area contributed by atoms with Gasteiger partial charge in [-0.15, -0.1) is 0 Å². The van der Waals surface area contributed by atoms with Crippen LogP contribution in [0, 0.1) is 0 Å². The van der Waals surface area contributed by atoms with Gasteiger partial charge in [-0.25, -0.2) is 8.42 Å². The zero-order valence-electron chi connectivity index (χ0n) is 18.3. The van der Waals surface area contributed by atoms with Gasteiger partial charge < -0.3 is 22.6 Å². The summed E-state index contributed by atoms with van der Waals surface area (Å²) in [5.74, 6) is -0.352. The third-order valence-electron chi connectivity index (χ3n) is 2.90. The monoisotopic (exact) mass is 706 g/mol. The molecule has 0 aliphatic carbocycles. The first-order chi connectivity index (χ1) is 13.6. The van der Waals surface area contributed by atoms with Crippen LogP contribution in [0.15, 0.2) is 57.5 Å². The van der Waals surface area contributed by atoms with Crippen molar-refractivity contribution in [2.45, 2.75) is 12.8 Å². The summed E-state index contributed by atoms with van der Waals surface area (Å²) in [4.78, 5) is 0. The van der Waals surface area contributed by atoms with E-state index in [1.165, 1.54) is 10.0 Å². The normalized spacial score (nSPS) is 9.00. The van der Waals surface area contributed by atoms with E-state index in [2.05, 4.69) is 66.0 Å². The summed E-state index contributed by atoms with van der Waals surface area (Å²) in [6, 6.07) is 15.5.